The maximum absolute atomic E-state index is 12.8. The average molecular weight is 492 g/mol. The minimum atomic E-state index is 0.222. The molecule has 0 aliphatic rings. The molecular formula is C35H41NO. The zero-order chi connectivity index (χ0) is 26.5. The van der Waals surface area contributed by atoms with Crippen molar-refractivity contribution in [3.05, 3.63) is 131 Å². The van der Waals surface area contributed by atoms with Gasteiger partial charge in [-0.05, 0) is 73.9 Å². The second-order valence-corrected chi connectivity index (χ2v) is 9.26. The van der Waals surface area contributed by atoms with Gasteiger partial charge in [0, 0.05) is 29.9 Å². The smallest absolute Gasteiger partial charge is 0.162 e. The molecule has 4 rings (SSSR count). The van der Waals surface area contributed by atoms with Crippen LogP contribution in [0.3, 0.4) is 0 Å². The predicted octanol–water partition coefficient (Wildman–Crippen LogP) is 9.12. The molecule has 2 nitrogen and oxygen atoms in total. The molecule has 0 atom stereocenters. The molecule has 0 unspecified atom stereocenters. The van der Waals surface area contributed by atoms with Crippen molar-refractivity contribution >= 4 is 5.78 Å². The predicted molar refractivity (Wildman–Crippen MR) is 158 cm³/mol. The molecule has 0 spiro atoms. The van der Waals surface area contributed by atoms with E-state index in [9.17, 15) is 4.79 Å². The third-order valence-corrected chi connectivity index (χ3v) is 6.84. The van der Waals surface area contributed by atoms with Gasteiger partial charge < -0.3 is 4.57 Å². The van der Waals surface area contributed by atoms with Gasteiger partial charge in [-0.3, -0.25) is 4.79 Å². The van der Waals surface area contributed by atoms with Crippen molar-refractivity contribution in [2.24, 2.45) is 0 Å². The van der Waals surface area contributed by atoms with Crippen molar-refractivity contribution in [1.82, 2.24) is 4.57 Å². The van der Waals surface area contributed by atoms with Gasteiger partial charge in [-0.2, -0.15) is 0 Å². The Morgan fingerprint density at radius 1 is 0.676 bits per heavy atom. The van der Waals surface area contributed by atoms with E-state index in [2.05, 4.69) is 66.9 Å². The van der Waals surface area contributed by atoms with E-state index in [0.717, 1.165) is 43.4 Å². The molecule has 3 aromatic carbocycles. The largest absolute Gasteiger partial charge is 0.344 e. The second-order valence-electron chi connectivity index (χ2n) is 9.26. The molecule has 1 aromatic heterocycles. The van der Waals surface area contributed by atoms with Crippen LogP contribution in [0.5, 0.6) is 0 Å². The van der Waals surface area contributed by atoms with E-state index < -0.39 is 0 Å². The number of aryl methyl sites for hydroxylation is 3. The molecule has 0 saturated carbocycles. The summed E-state index contributed by atoms with van der Waals surface area (Å²) in [4.78, 5) is 12.8. The van der Waals surface area contributed by atoms with Crippen molar-refractivity contribution in [3.63, 3.8) is 0 Å². The lowest BCUT2D eigenvalue weighted by atomic mass is 10.00. The van der Waals surface area contributed by atoms with E-state index in [1.165, 1.54) is 28.1 Å². The number of ketones is 1. The number of rotatable bonds is 10. The summed E-state index contributed by atoms with van der Waals surface area (Å²) in [6.07, 6.45) is 8.42. The normalized spacial score (nSPS) is 10.8. The van der Waals surface area contributed by atoms with Gasteiger partial charge in [0.25, 0.3) is 0 Å². The summed E-state index contributed by atoms with van der Waals surface area (Å²) in [7, 11) is 0. The number of hydrogen-bond donors (Lipinski definition) is 0. The highest BCUT2D eigenvalue weighted by Gasteiger charge is 2.11. The molecule has 192 valence electrons. The molecule has 0 N–H and O–H groups in total. The molecule has 0 radical (unpaired) electrons. The Labute approximate surface area is 223 Å². The molecule has 0 fully saturated rings. The molecule has 1 heterocycles. The van der Waals surface area contributed by atoms with Crippen LogP contribution in [-0.4, -0.2) is 10.4 Å². The highest BCUT2D eigenvalue weighted by molar-refractivity contribution is 5.96. The van der Waals surface area contributed by atoms with Crippen LogP contribution in [0.25, 0.3) is 11.1 Å². The first-order valence-electron chi connectivity index (χ1n) is 13.6. The fraction of sp³-hybridized carbons (Fsp3) is 0.286. The van der Waals surface area contributed by atoms with E-state index in [-0.39, 0.29) is 5.78 Å². The highest BCUT2D eigenvalue weighted by Crippen LogP contribution is 2.21. The quantitative estimate of drug-likeness (QED) is 0.160. The Morgan fingerprint density at radius 3 is 1.89 bits per heavy atom. The van der Waals surface area contributed by atoms with E-state index in [4.69, 9.17) is 0 Å². The minimum absolute atomic E-state index is 0.222. The number of nitrogens with zero attached hydrogens (tertiary/aromatic N) is 1. The Morgan fingerprint density at radius 2 is 1.27 bits per heavy atom. The van der Waals surface area contributed by atoms with Crippen LogP contribution in [0.1, 0.15) is 73.4 Å². The van der Waals surface area contributed by atoms with Crippen LogP contribution in [0.2, 0.25) is 0 Å². The lowest BCUT2D eigenvalue weighted by Crippen LogP contribution is -2.10. The summed E-state index contributed by atoms with van der Waals surface area (Å²) in [5, 5.41) is 0. The Hall–Kier alpha value is -3.65. The number of carbonyl (C=O) groups excluding carboxylic acids is 1. The number of allylic oxidation sites excluding steroid dienone is 2. The monoisotopic (exact) mass is 491 g/mol. The Kier molecular flexibility index (Phi) is 11.2. The van der Waals surface area contributed by atoms with Crippen molar-refractivity contribution < 1.29 is 4.79 Å². The van der Waals surface area contributed by atoms with Crippen LogP contribution in [0.4, 0.5) is 0 Å². The molecular weight excluding hydrogens is 450 g/mol. The topological polar surface area (TPSA) is 22.0 Å². The van der Waals surface area contributed by atoms with E-state index in [1.54, 1.807) is 0 Å². The molecule has 0 amide bonds. The molecule has 2 heteroatoms. The lowest BCUT2D eigenvalue weighted by Gasteiger charge is -2.15. The van der Waals surface area contributed by atoms with E-state index >= 15 is 0 Å². The number of aromatic nitrogens is 1. The maximum atomic E-state index is 12.8. The van der Waals surface area contributed by atoms with Gasteiger partial charge in [-0.25, -0.2) is 0 Å². The molecule has 4 aromatic rings. The van der Waals surface area contributed by atoms with Gasteiger partial charge in [0.15, 0.2) is 5.78 Å². The average Bonchev–Trinajstić information content (AvgIpc) is 3.35. The summed E-state index contributed by atoms with van der Waals surface area (Å²) < 4.78 is 2.45. The molecule has 37 heavy (non-hydrogen) atoms. The summed E-state index contributed by atoms with van der Waals surface area (Å²) in [6.45, 7) is 9.34. The third kappa shape index (κ3) is 7.92. The second kappa shape index (κ2) is 14.8. The first-order chi connectivity index (χ1) is 18.1. The summed E-state index contributed by atoms with van der Waals surface area (Å²) in [5.74, 6) is 0.222. The molecule has 0 aliphatic carbocycles. The first-order valence-corrected chi connectivity index (χ1v) is 13.6. The number of hydrogen-bond acceptors (Lipinski definition) is 1. The van der Waals surface area contributed by atoms with Crippen molar-refractivity contribution in [2.45, 2.75) is 66.3 Å². The van der Waals surface area contributed by atoms with Crippen LogP contribution < -0.4 is 0 Å². The van der Waals surface area contributed by atoms with Gasteiger partial charge in [-0.1, -0.05) is 105 Å². The Balaban J connectivity index is 0.000000886. The number of carbonyl (C=O) groups is 1. The zero-order valence-corrected chi connectivity index (χ0v) is 22.9. The van der Waals surface area contributed by atoms with Gasteiger partial charge in [0.2, 0.25) is 0 Å². The fourth-order valence-electron chi connectivity index (χ4n) is 4.57. The van der Waals surface area contributed by atoms with Gasteiger partial charge >= 0.3 is 0 Å². The van der Waals surface area contributed by atoms with Crippen LogP contribution >= 0.6 is 0 Å². The highest BCUT2D eigenvalue weighted by atomic mass is 16.1. The SMILES string of the molecule is C/C=C\C.CCc1ccccc1Cn1c(CC)ccc1CCCC(=O)c1ccc(-c2ccccc2)cc1. The number of Topliss-reactive ketones (excluding diaryl/α,β-unsaturated/α-hetero) is 1. The van der Waals surface area contributed by atoms with Gasteiger partial charge in [0.05, 0.1) is 0 Å². The molecule has 0 bridgehead atoms. The van der Waals surface area contributed by atoms with Crippen molar-refractivity contribution in [2.75, 3.05) is 0 Å². The van der Waals surface area contributed by atoms with Crippen LogP contribution in [0.15, 0.2) is 103 Å². The third-order valence-electron chi connectivity index (χ3n) is 6.84. The summed E-state index contributed by atoms with van der Waals surface area (Å²) >= 11 is 0. The summed E-state index contributed by atoms with van der Waals surface area (Å²) in [6, 6.07) is 31.5. The first kappa shape index (κ1) is 27.9. The van der Waals surface area contributed by atoms with Gasteiger partial charge in [-0.15, -0.1) is 0 Å². The van der Waals surface area contributed by atoms with Crippen LogP contribution in [0, 0.1) is 0 Å². The molecule has 0 aliphatic heterocycles. The van der Waals surface area contributed by atoms with Crippen LogP contribution in [-0.2, 0) is 25.8 Å². The molecule has 0 saturated heterocycles. The van der Waals surface area contributed by atoms with Gasteiger partial charge in [0.1, 0.15) is 0 Å². The van der Waals surface area contributed by atoms with Crippen molar-refractivity contribution in [1.29, 1.82) is 0 Å². The van der Waals surface area contributed by atoms with Crippen molar-refractivity contribution in [3.8, 4) is 11.1 Å². The Bertz CT molecular complexity index is 1260. The summed E-state index contributed by atoms with van der Waals surface area (Å²) in [5.41, 5.74) is 8.60. The number of benzene rings is 3. The fourth-order valence-corrected chi connectivity index (χ4v) is 4.57. The standard InChI is InChI=1S/C31H33NO.C4H8/c1-3-24-11-8-9-14-28(24)23-32-29(4-2)21-22-30(32)15-10-16-31(33)27-19-17-26(18-20-27)25-12-6-5-7-13-25;1-3-4-2/h5-9,11-14,17-22H,3-4,10,15-16,23H2,1-2H3;3-4H,1-2H3/b;4-3-. The van der Waals surface area contributed by atoms with E-state index in [1.807, 2.05) is 68.5 Å². The zero-order valence-electron chi connectivity index (χ0n) is 22.9. The maximum Gasteiger partial charge on any atom is 0.162 e. The minimum Gasteiger partial charge on any atom is -0.344 e. The van der Waals surface area contributed by atoms with E-state index in [0.29, 0.717) is 6.42 Å². The lowest BCUT2D eigenvalue weighted by molar-refractivity contribution is 0.0980.